The van der Waals surface area contributed by atoms with Crippen LogP contribution in [0.1, 0.15) is 105 Å². The molecule has 0 bridgehead atoms. The third-order valence-corrected chi connectivity index (χ3v) is 4.77. The Morgan fingerprint density at radius 2 is 1.36 bits per heavy atom. The molecule has 0 fully saturated rings. The highest BCUT2D eigenvalue weighted by Crippen LogP contribution is 2.12. The van der Waals surface area contributed by atoms with E-state index in [1.54, 1.807) is 12.1 Å². The lowest BCUT2D eigenvalue weighted by molar-refractivity contribution is 0.0487. The number of hydrogen-bond acceptors (Lipinski definition) is 3. The highest BCUT2D eigenvalue weighted by Gasteiger charge is 2.16. The van der Waals surface area contributed by atoms with Crippen LogP contribution in [-0.4, -0.2) is 23.7 Å². The van der Waals surface area contributed by atoms with Gasteiger partial charge in [-0.05, 0) is 44.2 Å². The molecule has 28 heavy (non-hydrogen) atoms. The highest BCUT2D eigenvalue weighted by molar-refractivity contribution is 6.02. The molecule has 1 rings (SSSR count). The van der Waals surface area contributed by atoms with Gasteiger partial charge < -0.3 is 9.84 Å². The summed E-state index contributed by atoms with van der Waals surface area (Å²) < 4.78 is 5.21. The lowest BCUT2D eigenvalue weighted by atomic mass is 10.1. The third-order valence-electron chi connectivity index (χ3n) is 4.77. The monoisotopic (exact) mass is 388 g/mol. The summed E-state index contributed by atoms with van der Waals surface area (Å²) in [5.74, 6) is -1.67. The Morgan fingerprint density at radius 3 is 1.96 bits per heavy atom. The van der Waals surface area contributed by atoms with E-state index in [2.05, 4.69) is 19.1 Å². The first-order valence-electron chi connectivity index (χ1n) is 10.8. The molecule has 0 saturated heterocycles. The molecule has 1 N–H and O–H groups in total. The second kappa shape index (κ2) is 15.9. The minimum absolute atomic E-state index is 0.0125. The van der Waals surface area contributed by atoms with Gasteiger partial charge in [0.1, 0.15) is 0 Å². The number of unbranched alkanes of at least 4 members (excludes halogenated alkanes) is 10. The van der Waals surface area contributed by atoms with E-state index in [1.165, 1.54) is 63.5 Å². The van der Waals surface area contributed by atoms with E-state index in [9.17, 15) is 9.59 Å². The number of ether oxygens (including phenoxy) is 1. The second-order valence-corrected chi connectivity index (χ2v) is 7.22. The van der Waals surface area contributed by atoms with Crippen molar-refractivity contribution in [1.82, 2.24) is 0 Å². The zero-order valence-electron chi connectivity index (χ0n) is 17.3. The van der Waals surface area contributed by atoms with Gasteiger partial charge in [0.25, 0.3) is 0 Å². The molecule has 1 aromatic rings. The molecule has 0 radical (unpaired) electrons. The molecular formula is C24H36O4. The molecule has 0 atom stereocenters. The number of carboxylic acids is 1. The first kappa shape index (κ1) is 23.9. The smallest absolute Gasteiger partial charge is 0.339 e. The van der Waals surface area contributed by atoms with Crippen LogP contribution in [0.4, 0.5) is 0 Å². The molecule has 0 amide bonds. The second-order valence-electron chi connectivity index (χ2n) is 7.22. The van der Waals surface area contributed by atoms with Crippen LogP contribution in [0, 0.1) is 0 Å². The van der Waals surface area contributed by atoms with Gasteiger partial charge in [0, 0.05) is 0 Å². The maximum absolute atomic E-state index is 12.0. The summed E-state index contributed by atoms with van der Waals surface area (Å²) in [5, 5.41) is 9.11. The average molecular weight is 389 g/mol. The van der Waals surface area contributed by atoms with Crippen LogP contribution in [0.25, 0.3) is 0 Å². The molecule has 0 aliphatic rings. The molecule has 0 aromatic heterocycles. The van der Waals surface area contributed by atoms with E-state index in [-0.39, 0.29) is 11.1 Å². The van der Waals surface area contributed by atoms with E-state index in [0.29, 0.717) is 6.61 Å². The van der Waals surface area contributed by atoms with Crippen molar-refractivity contribution in [1.29, 1.82) is 0 Å². The first-order chi connectivity index (χ1) is 13.7. The lowest BCUT2D eigenvalue weighted by Crippen LogP contribution is -2.12. The quantitative estimate of drug-likeness (QED) is 0.192. The minimum Gasteiger partial charge on any atom is -0.478 e. The topological polar surface area (TPSA) is 63.6 Å². The van der Waals surface area contributed by atoms with Gasteiger partial charge in [0.2, 0.25) is 0 Å². The third kappa shape index (κ3) is 10.9. The predicted octanol–water partition coefficient (Wildman–Crippen LogP) is 6.80. The van der Waals surface area contributed by atoms with Crippen molar-refractivity contribution >= 4 is 11.9 Å². The van der Waals surface area contributed by atoms with Gasteiger partial charge in [-0.15, -0.1) is 0 Å². The molecule has 0 aliphatic heterocycles. The normalized spacial score (nSPS) is 11.0. The van der Waals surface area contributed by atoms with Crippen molar-refractivity contribution in [3.8, 4) is 0 Å². The van der Waals surface area contributed by atoms with Gasteiger partial charge in [0.05, 0.1) is 17.7 Å². The van der Waals surface area contributed by atoms with E-state index in [0.717, 1.165) is 25.7 Å². The largest absolute Gasteiger partial charge is 0.478 e. The summed E-state index contributed by atoms with van der Waals surface area (Å²) in [6.45, 7) is 2.58. The Hall–Kier alpha value is -2.10. The summed E-state index contributed by atoms with van der Waals surface area (Å²) in [4.78, 5) is 23.1. The summed E-state index contributed by atoms with van der Waals surface area (Å²) in [6, 6.07) is 6.15. The van der Waals surface area contributed by atoms with E-state index >= 15 is 0 Å². The van der Waals surface area contributed by atoms with Gasteiger partial charge in [-0.25, -0.2) is 9.59 Å². The fourth-order valence-electron chi connectivity index (χ4n) is 3.09. The zero-order chi connectivity index (χ0) is 20.5. The lowest BCUT2D eigenvalue weighted by Gasteiger charge is -2.07. The minimum atomic E-state index is -1.11. The molecule has 0 heterocycles. The molecule has 0 saturated carbocycles. The van der Waals surface area contributed by atoms with Crippen molar-refractivity contribution in [2.45, 2.75) is 84.0 Å². The van der Waals surface area contributed by atoms with Gasteiger partial charge in [0.15, 0.2) is 0 Å². The van der Waals surface area contributed by atoms with Gasteiger partial charge in [-0.2, -0.15) is 0 Å². The number of allylic oxidation sites excluding steroid dienone is 2. The van der Waals surface area contributed by atoms with Crippen molar-refractivity contribution < 1.29 is 19.4 Å². The summed E-state index contributed by atoms with van der Waals surface area (Å²) in [7, 11) is 0. The Morgan fingerprint density at radius 1 is 0.821 bits per heavy atom. The van der Waals surface area contributed by atoms with Gasteiger partial charge >= 0.3 is 11.9 Å². The van der Waals surface area contributed by atoms with E-state index < -0.39 is 11.9 Å². The van der Waals surface area contributed by atoms with Crippen LogP contribution in [0.2, 0.25) is 0 Å². The number of rotatable bonds is 16. The molecule has 0 aliphatic carbocycles. The fraction of sp³-hybridized carbons (Fsp3) is 0.583. The molecule has 0 spiro atoms. The summed E-state index contributed by atoms with van der Waals surface area (Å²) in [5.41, 5.74) is 0.105. The number of benzene rings is 1. The van der Waals surface area contributed by atoms with E-state index in [1.807, 2.05) is 0 Å². The highest BCUT2D eigenvalue weighted by atomic mass is 16.5. The molecule has 4 heteroatoms. The molecular weight excluding hydrogens is 352 g/mol. The van der Waals surface area contributed by atoms with Crippen LogP contribution < -0.4 is 0 Å². The molecule has 4 nitrogen and oxygen atoms in total. The number of esters is 1. The SMILES string of the molecule is CCCCCCC/C=C/CCCCCCCOC(=O)c1ccccc1C(=O)O. The Kier molecular flexibility index (Phi) is 13.6. The van der Waals surface area contributed by atoms with Crippen molar-refractivity contribution in [2.24, 2.45) is 0 Å². The van der Waals surface area contributed by atoms with Crippen LogP contribution in [0.3, 0.4) is 0 Å². The van der Waals surface area contributed by atoms with Gasteiger partial charge in [-0.3, -0.25) is 0 Å². The first-order valence-corrected chi connectivity index (χ1v) is 10.8. The Labute approximate surface area is 170 Å². The van der Waals surface area contributed by atoms with Crippen LogP contribution in [0.5, 0.6) is 0 Å². The Bertz CT molecular complexity index is 592. The Balaban J connectivity index is 1.99. The van der Waals surface area contributed by atoms with Crippen LogP contribution in [-0.2, 0) is 4.74 Å². The fourth-order valence-corrected chi connectivity index (χ4v) is 3.09. The van der Waals surface area contributed by atoms with Crippen LogP contribution >= 0.6 is 0 Å². The molecule has 156 valence electrons. The average Bonchev–Trinajstić information content (AvgIpc) is 2.70. The number of carbonyl (C=O) groups is 2. The standard InChI is InChI=1S/C24H36O4/c1-2-3-4-5-6-7-8-9-10-11-12-13-14-17-20-28-24(27)22-19-16-15-18-21(22)23(25)26/h8-9,15-16,18-19H,2-7,10-14,17,20H2,1H3,(H,25,26)/b9-8+. The van der Waals surface area contributed by atoms with Crippen molar-refractivity contribution in [2.75, 3.05) is 6.61 Å². The molecule has 0 unspecified atom stereocenters. The van der Waals surface area contributed by atoms with Gasteiger partial charge in [-0.1, -0.05) is 76.2 Å². The summed E-state index contributed by atoms with van der Waals surface area (Å²) >= 11 is 0. The van der Waals surface area contributed by atoms with Crippen molar-refractivity contribution in [3.05, 3.63) is 47.5 Å². The predicted molar refractivity (Wildman–Crippen MR) is 114 cm³/mol. The molecule has 1 aromatic carbocycles. The summed E-state index contributed by atoms with van der Waals surface area (Å²) in [6.07, 6.45) is 19.0. The zero-order valence-corrected chi connectivity index (χ0v) is 17.3. The number of hydrogen-bond donors (Lipinski definition) is 1. The van der Waals surface area contributed by atoms with Crippen molar-refractivity contribution in [3.63, 3.8) is 0 Å². The van der Waals surface area contributed by atoms with Crippen LogP contribution in [0.15, 0.2) is 36.4 Å². The maximum atomic E-state index is 12.0. The number of aromatic carboxylic acids is 1. The maximum Gasteiger partial charge on any atom is 0.339 e. The van der Waals surface area contributed by atoms with E-state index in [4.69, 9.17) is 9.84 Å². The number of carbonyl (C=O) groups excluding carboxylic acids is 1. The number of carboxylic acid groups (broad SMARTS) is 1.